The minimum absolute atomic E-state index is 0.0480. The Hall–Kier alpha value is -1.40. The summed E-state index contributed by atoms with van der Waals surface area (Å²) < 4.78 is 26.8. The Morgan fingerprint density at radius 1 is 1.26 bits per heavy atom. The molecule has 1 saturated heterocycles. The van der Waals surface area contributed by atoms with Crippen molar-refractivity contribution in [3.05, 3.63) is 24.3 Å². The Morgan fingerprint density at radius 2 is 1.83 bits per heavy atom. The maximum Gasteiger partial charge on any atom is 0.243 e. The van der Waals surface area contributed by atoms with Crippen molar-refractivity contribution in [3.63, 3.8) is 0 Å². The van der Waals surface area contributed by atoms with E-state index in [2.05, 4.69) is 12.2 Å². The van der Waals surface area contributed by atoms with Gasteiger partial charge in [-0.3, -0.25) is 4.79 Å². The summed E-state index contributed by atoms with van der Waals surface area (Å²) in [6.07, 6.45) is 2.58. The topological polar surface area (TPSA) is 66.5 Å². The molecule has 1 atom stereocenters. The first-order valence-corrected chi connectivity index (χ1v) is 9.69. The first kappa shape index (κ1) is 17.9. The van der Waals surface area contributed by atoms with Crippen LogP contribution in [-0.4, -0.2) is 31.7 Å². The second-order valence-corrected chi connectivity index (χ2v) is 8.35. The largest absolute Gasteiger partial charge is 0.326 e. The molecule has 1 N–H and O–H groups in total. The van der Waals surface area contributed by atoms with Crippen LogP contribution in [0.1, 0.15) is 40.0 Å². The Labute approximate surface area is 139 Å². The minimum Gasteiger partial charge on any atom is -0.326 e. The maximum atomic E-state index is 12.6. The van der Waals surface area contributed by atoms with Gasteiger partial charge in [0.2, 0.25) is 15.9 Å². The first-order chi connectivity index (χ1) is 10.8. The number of hydrogen-bond donors (Lipinski definition) is 1. The van der Waals surface area contributed by atoms with E-state index in [-0.39, 0.29) is 16.7 Å². The van der Waals surface area contributed by atoms with Crippen molar-refractivity contribution in [2.45, 2.75) is 44.9 Å². The van der Waals surface area contributed by atoms with Crippen molar-refractivity contribution in [2.24, 2.45) is 11.8 Å². The van der Waals surface area contributed by atoms with Crippen LogP contribution in [0.5, 0.6) is 0 Å². The number of carbonyl (C=O) groups excluding carboxylic acids is 1. The number of carbonyl (C=O) groups is 1. The number of nitrogens with zero attached hydrogens (tertiary/aromatic N) is 1. The molecule has 1 aliphatic heterocycles. The number of anilines is 1. The predicted molar refractivity (Wildman–Crippen MR) is 91.7 cm³/mol. The van der Waals surface area contributed by atoms with Gasteiger partial charge in [-0.15, -0.1) is 0 Å². The fraction of sp³-hybridized carbons (Fsp3) is 0.588. The highest BCUT2D eigenvalue weighted by Crippen LogP contribution is 2.24. The minimum atomic E-state index is -3.43. The second kappa shape index (κ2) is 7.45. The van der Waals surface area contributed by atoms with E-state index in [0.29, 0.717) is 24.7 Å². The third-order valence-corrected chi connectivity index (χ3v) is 6.48. The summed E-state index contributed by atoms with van der Waals surface area (Å²) in [5.41, 5.74) is 0.626. The van der Waals surface area contributed by atoms with Crippen LogP contribution in [0.25, 0.3) is 0 Å². The summed E-state index contributed by atoms with van der Waals surface area (Å²) >= 11 is 0. The quantitative estimate of drug-likeness (QED) is 0.897. The number of benzene rings is 1. The number of amides is 1. The Morgan fingerprint density at radius 3 is 2.35 bits per heavy atom. The van der Waals surface area contributed by atoms with Crippen LogP contribution in [0.15, 0.2) is 29.2 Å². The molecule has 0 aromatic heterocycles. The molecule has 1 aliphatic rings. The summed E-state index contributed by atoms with van der Waals surface area (Å²) in [6.45, 7) is 7.13. The van der Waals surface area contributed by atoms with E-state index in [9.17, 15) is 13.2 Å². The van der Waals surface area contributed by atoms with Crippen molar-refractivity contribution >= 4 is 21.6 Å². The summed E-state index contributed by atoms with van der Waals surface area (Å²) in [7, 11) is -3.43. The van der Waals surface area contributed by atoms with E-state index >= 15 is 0 Å². The molecule has 1 aromatic rings. The highest BCUT2D eigenvalue weighted by Gasteiger charge is 2.27. The number of piperidine rings is 1. The monoisotopic (exact) mass is 338 g/mol. The van der Waals surface area contributed by atoms with Crippen molar-refractivity contribution in [1.82, 2.24) is 4.31 Å². The zero-order valence-corrected chi connectivity index (χ0v) is 14.9. The number of nitrogens with one attached hydrogen (secondary N) is 1. The van der Waals surface area contributed by atoms with E-state index in [1.54, 1.807) is 28.6 Å². The summed E-state index contributed by atoms with van der Waals surface area (Å²) in [5.74, 6) is 0.474. The molecule has 6 heteroatoms. The molecular weight excluding hydrogens is 312 g/mol. The Kier molecular flexibility index (Phi) is 5.81. The van der Waals surface area contributed by atoms with Gasteiger partial charge in [-0.05, 0) is 49.4 Å². The van der Waals surface area contributed by atoms with Crippen LogP contribution >= 0.6 is 0 Å². The summed E-state index contributed by atoms with van der Waals surface area (Å²) in [5, 5.41) is 2.81. The third kappa shape index (κ3) is 4.32. The van der Waals surface area contributed by atoms with Gasteiger partial charge in [-0.2, -0.15) is 4.31 Å². The van der Waals surface area contributed by atoms with Crippen LogP contribution in [-0.2, 0) is 14.8 Å². The van der Waals surface area contributed by atoms with Crippen LogP contribution < -0.4 is 5.32 Å². The van der Waals surface area contributed by atoms with Gasteiger partial charge in [-0.1, -0.05) is 20.8 Å². The standard InChI is InChI=1S/C17H26N2O3S/c1-4-14(3)17(20)18-15-5-7-16(8-6-15)23(21,22)19-11-9-13(2)10-12-19/h5-8,13-14H,4,9-12H2,1-3H3,(H,18,20)/t14-/m0/s1. The molecule has 0 saturated carbocycles. The molecule has 128 valence electrons. The molecule has 1 heterocycles. The zero-order valence-electron chi connectivity index (χ0n) is 14.1. The van der Waals surface area contributed by atoms with Gasteiger partial charge >= 0.3 is 0 Å². The lowest BCUT2D eigenvalue weighted by atomic mass is 10.0. The SMILES string of the molecule is CC[C@H](C)C(=O)Nc1ccc(S(=O)(=O)N2CCC(C)CC2)cc1. The average molecular weight is 338 g/mol. The third-order valence-electron chi connectivity index (χ3n) is 4.56. The summed E-state index contributed by atoms with van der Waals surface area (Å²) in [6, 6.07) is 6.44. The van der Waals surface area contributed by atoms with Crippen molar-refractivity contribution in [3.8, 4) is 0 Å². The van der Waals surface area contributed by atoms with Crippen LogP contribution in [0.2, 0.25) is 0 Å². The molecule has 0 spiro atoms. The lowest BCUT2D eigenvalue weighted by Gasteiger charge is -2.29. The maximum absolute atomic E-state index is 12.6. The fourth-order valence-corrected chi connectivity index (χ4v) is 4.01. The predicted octanol–water partition coefficient (Wildman–Crippen LogP) is 3.09. The molecule has 1 aromatic carbocycles. The van der Waals surface area contributed by atoms with E-state index in [4.69, 9.17) is 0 Å². The first-order valence-electron chi connectivity index (χ1n) is 8.25. The highest BCUT2D eigenvalue weighted by molar-refractivity contribution is 7.89. The van der Waals surface area contributed by atoms with Crippen LogP contribution in [0.3, 0.4) is 0 Å². The molecule has 5 nitrogen and oxygen atoms in total. The highest BCUT2D eigenvalue weighted by atomic mass is 32.2. The second-order valence-electron chi connectivity index (χ2n) is 6.41. The van der Waals surface area contributed by atoms with Gasteiger partial charge in [0.05, 0.1) is 4.90 Å². The van der Waals surface area contributed by atoms with Gasteiger partial charge in [0.15, 0.2) is 0 Å². The van der Waals surface area contributed by atoms with Gasteiger partial charge in [0.1, 0.15) is 0 Å². The molecule has 0 bridgehead atoms. The van der Waals surface area contributed by atoms with Crippen molar-refractivity contribution in [2.75, 3.05) is 18.4 Å². The molecule has 0 unspecified atom stereocenters. The molecule has 1 amide bonds. The van der Waals surface area contributed by atoms with Crippen LogP contribution in [0, 0.1) is 11.8 Å². The van der Waals surface area contributed by atoms with Gasteiger partial charge in [0, 0.05) is 24.7 Å². The Balaban J connectivity index is 2.08. The molecular formula is C17H26N2O3S. The fourth-order valence-electron chi connectivity index (χ4n) is 2.54. The molecule has 23 heavy (non-hydrogen) atoms. The van der Waals surface area contributed by atoms with E-state index < -0.39 is 10.0 Å². The van der Waals surface area contributed by atoms with Crippen molar-refractivity contribution < 1.29 is 13.2 Å². The summed E-state index contributed by atoms with van der Waals surface area (Å²) in [4.78, 5) is 12.2. The number of sulfonamides is 1. The zero-order chi connectivity index (χ0) is 17.0. The lowest BCUT2D eigenvalue weighted by Crippen LogP contribution is -2.37. The van der Waals surface area contributed by atoms with Gasteiger partial charge in [0.25, 0.3) is 0 Å². The molecule has 1 fully saturated rings. The smallest absolute Gasteiger partial charge is 0.243 e. The molecule has 0 radical (unpaired) electrons. The average Bonchev–Trinajstić information content (AvgIpc) is 2.55. The molecule has 2 rings (SSSR count). The molecule has 0 aliphatic carbocycles. The van der Waals surface area contributed by atoms with Crippen molar-refractivity contribution in [1.29, 1.82) is 0 Å². The van der Waals surface area contributed by atoms with E-state index in [0.717, 1.165) is 19.3 Å². The van der Waals surface area contributed by atoms with Gasteiger partial charge in [-0.25, -0.2) is 8.42 Å². The van der Waals surface area contributed by atoms with E-state index in [1.807, 2.05) is 13.8 Å². The van der Waals surface area contributed by atoms with Gasteiger partial charge < -0.3 is 5.32 Å². The number of hydrogen-bond acceptors (Lipinski definition) is 3. The van der Waals surface area contributed by atoms with Crippen LogP contribution in [0.4, 0.5) is 5.69 Å². The lowest BCUT2D eigenvalue weighted by molar-refractivity contribution is -0.119. The number of rotatable bonds is 5. The normalized spacial score (nSPS) is 18.6. The van der Waals surface area contributed by atoms with E-state index in [1.165, 1.54) is 0 Å². The Bertz CT molecular complexity index is 632.